The van der Waals surface area contributed by atoms with Crippen LogP contribution in [0.5, 0.6) is 0 Å². The van der Waals surface area contributed by atoms with Crippen LogP contribution in [0.15, 0.2) is 12.3 Å². The molecule has 1 unspecified atom stereocenters. The van der Waals surface area contributed by atoms with Gasteiger partial charge in [-0.05, 0) is 25.0 Å². The number of aromatic nitrogens is 1. The third kappa shape index (κ3) is 2.52. The molecule has 0 fully saturated rings. The largest absolute Gasteiger partial charge is 0.481 e. The summed E-state index contributed by atoms with van der Waals surface area (Å²) >= 11 is 0. The number of hydrogen-bond acceptors (Lipinski definition) is 4. The number of rotatable bonds is 3. The minimum atomic E-state index is -0.915. The first-order valence-electron chi connectivity index (χ1n) is 5.32. The van der Waals surface area contributed by atoms with Crippen LogP contribution in [0.1, 0.15) is 18.4 Å². The number of aryl methyl sites for hydroxylation is 1. The molecule has 0 aliphatic carbocycles. The first kappa shape index (κ1) is 11.4. The van der Waals surface area contributed by atoms with Crippen LogP contribution in [0.25, 0.3) is 0 Å². The van der Waals surface area contributed by atoms with E-state index in [1.807, 2.05) is 13.0 Å². The highest BCUT2D eigenvalue weighted by Gasteiger charge is 2.26. The Morgan fingerprint density at radius 2 is 2.35 bits per heavy atom. The SMILES string of the molecule is Cc1cnc2c(c1)NC(=O)C(CCC(=O)O)N2. The second-order valence-electron chi connectivity index (χ2n) is 4.03. The van der Waals surface area contributed by atoms with Crippen LogP contribution >= 0.6 is 0 Å². The standard InChI is InChI=1S/C11H13N3O3/c1-6-4-8-10(12-5-6)13-7(11(17)14-8)2-3-9(15)16/h4-5,7H,2-3H2,1H3,(H,12,13)(H,14,17)(H,15,16). The Morgan fingerprint density at radius 3 is 3.06 bits per heavy atom. The zero-order valence-electron chi connectivity index (χ0n) is 9.36. The monoisotopic (exact) mass is 235 g/mol. The highest BCUT2D eigenvalue weighted by Crippen LogP contribution is 2.26. The van der Waals surface area contributed by atoms with Crippen LogP contribution < -0.4 is 10.6 Å². The Labute approximate surface area is 98.1 Å². The van der Waals surface area contributed by atoms with Crippen molar-refractivity contribution < 1.29 is 14.7 Å². The van der Waals surface area contributed by atoms with Gasteiger partial charge in [0.1, 0.15) is 11.9 Å². The van der Waals surface area contributed by atoms with Gasteiger partial charge in [-0.3, -0.25) is 9.59 Å². The summed E-state index contributed by atoms with van der Waals surface area (Å²) < 4.78 is 0. The van der Waals surface area contributed by atoms with Crippen LogP contribution in [0.3, 0.4) is 0 Å². The maximum absolute atomic E-state index is 11.7. The van der Waals surface area contributed by atoms with Crippen molar-refractivity contribution in [2.75, 3.05) is 10.6 Å². The molecule has 1 atom stereocenters. The summed E-state index contributed by atoms with van der Waals surface area (Å²) in [5.41, 5.74) is 1.59. The molecule has 0 aromatic carbocycles. The van der Waals surface area contributed by atoms with Gasteiger partial charge in [-0.2, -0.15) is 0 Å². The summed E-state index contributed by atoms with van der Waals surface area (Å²) in [6.07, 6.45) is 1.89. The van der Waals surface area contributed by atoms with E-state index in [2.05, 4.69) is 15.6 Å². The van der Waals surface area contributed by atoms with E-state index in [-0.39, 0.29) is 18.7 Å². The van der Waals surface area contributed by atoms with E-state index in [4.69, 9.17) is 5.11 Å². The van der Waals surface area contributed by atoms with E-state index < -0.39 is 12.0 Å². The lowest BCUT2D eigenvalue weighted by Crippen LogP contribution is -2.39. The number of pyridine rings is 1. The molecule has 0 saturated heterocycles. The molecule has 1 aliphatic rings. The molecule has 0 radical (unpaired) electrons. The second-order valence-corrected chi connectivity index (χ2v) is 4.03. The summed E-state index contributed by atoms with van der Waals surface area (Å²) in [5.74, 6) is -0.543. The van der Waals surface area contributed by atoms with Crippen LogP contribution in [0.4, 0.5) is 11.5 Å². The zero-order valence-corrected chi connectivity index (χ0v) is 9.36. The van der Waals surface area contributed by atoms with Gasteiger partial charge in [-0.25, -0.2) is 4.98 Å². The third-order valence-electron chi connectivity index (χ3n) is 2.56. The van der Waals surface area contributed by atoms with Crippen molar-refractivity contribution in [1.82, 2.24) is 4.98 Å². The Morgan fingerprint density at radius 1 is 1.59 bits per heavy atom. The Kier molecular flexibility index (Phi) is 2.95. The fourth-order valence-electron chi connectivity index (χ4n) is 1.70. The molecule has 3 N–H and O–H groups in total. The molecular formula is C11H13N3O3. The number of carbonyl (C=O) groups excluding carboxylic acids is 1. The van der Waals surface area contributed by atoms with Crippen molar-refractivity contribution in [3.05, 3.63) is 17.8 Å². The number of nitrogens with one attached hydrogen (secondary N) is 2. The zero-order chi connectivity index (χ0) is 12.4. The maximum atomic E-state index is 11.7. The number of fused-ring (bicyclic) bond motifs is 1. The van der Waals surface area contributed by atoms with E-state index >= 15 is 0 Å². The summed E-state index contributed by atoms with van der Waals surface area (Å²) in [6.45, 7) is 1.88. The molecule has 0 bridgehead atoms. The minimum Gasteiger partial charge on any atom is -0.481 e. The molecule has 1 aliphatic heterocycles. The highest BCUT2D eigenvalue weighted by atomic mass is 16.4. The summed E-state index contributed by atoms with van der Waals surface area (Å²) in [5, 5.41) is 14.2. The summed E-state index contributed by atoms with van der Waals surface area (Å²) in [6, 6.07) is 1.29. The molecule has 2 heterocycles. The third-order valence-corrected chi connectivity index (χ3v) is 2.56. The fraction of sp³-hybridized carbons (Fsp3) is 0.364. The van der Waals surface area contributed by atoms with Gasteiger partial charge in [0.2, 0.25) is 5.91 Å². The highest BCUT2D eigenvalue weighted by molar-refractivity contribution is 6.02. The van der Waals surface area contributed by atoms with Crippen LogP contribution in [-0.4, -0.2) is 28.0 Å². The molecule has 1 aromatic rings. The molecule has 90 valence electrons. The number of anilines is 2. The molecule has 0 spiro atoms. The number of amides is 1. The van der Waals surface area contributed by atoms with E-state index in [1.165, 1.54) is 0 Å². The van der Waals surface area contributed by atoms with Gasteiger partial charge in [0.15, 0.2) is 0 Å². The molecule has 1 amide bonds. The number of hydrogen-bond donors (Lipinski definition) is 3. The van der Waals surface area contributed by atoms with Gasteiger partial charge < -0.3 is 15.7 Å². The van der Waals surface area contributed by atoms with Gasteiger partial charge in [0, 0.05) is 12.6 Å². The molecule has 6 heteroatoms. The average molecular weight is 235 g/mol. The number of nitrogens with zero attached hydrogens (tertiary/aromatic N) is 1. The number of carbonyl (C=O) groups is 2. The van der Waals surface area contributed by atoms with Gasteiger partial charge in [-0.1, -0.05) is 0 Å². The topological polar surface area (TPSA) is 91.3 Å². The van der Waals surface area contributed by atoms with Crippen molar-refractivity contribution in [3.8, 4) is 0 Å². The van der Waals surface area contributed by atoms with Gasteiger partial charge in [0.25, 0.3) is 0 Å². The number of aliphatic carboxylic acids is 1. The molecular weight excluding hydrogens is 222 g/mol. The van der Waals surface area contributed by atoms with E-state index in [9.17, 15) is 9.59 Å². The van der Waals surface area contributed by atoms with Crippen molar-refractivity contribution in [3.63, 3.8) is 0 Å². The predicted molar refractivity (Wildman–Crippen MR) is 61.9 cm³/mol. The first-order valence-corrected chi connectivity index (χ1v) is 5.32. The number of carboxylic acids is 1. The van der Waals surface area contributed by atoms with Crippen molar-refractivity contribution in [1.29, 1.82) is 0 Å². The molecule has 1 aromatic heterocycles. The average Bonchev–Trinajstić information content (AvgIpc) is 2.26. The summed E-state index contributed by atoms with van der Waals surface area (Å²) in [4.78, 5) is 26.3. The smallest absolute Gasteiger partial charge is 0.303 e. The molecule has 17 heavy (non-hydrogen) atoms. The Bertz CT molecular complexity index is 473. The van der Waals surface area contributed by atoms with Crippen molar-refractivity contribution in [2.45, 2.75) is 25.8 Å². The second kappa shape index (κ2) is 4.40. The van der Waals surface area contributed by atoms with Crippen LogP contribution in [-0.2, 0) is 9.59 Å². The van der Waals surface area contributed by atoms with Crippen molar-refractivity contribution in [2.24, 2.45) is 0 Å². The summed E-state index contributed by atoms with van der Waals surface area (Å²) in [7, 11) is 0. The van der Waals surface area contributed by atoms with Gasteiger partial charge >= 0.3 is 5.97 Å². The van der Waals surface area contributed by atoms with E-state index in [0.29, 0.717) is 11.5 Å². The van der Waals surface area contributed by atoms with Crippen molar-refractivity contribution >= 4 is 23.4 Å². The minimum absolute atomic E-state index is 0.0493. The normalized spacial score (nSPS) is 17.9. The van der Waals surface area contributed by atoms with Crippen LogP contribution in [0, 0.1) is 6.92 Å². The molecule has 6 nitrogen and oxygen atoms in total. The predicted octanol–water partition coefficient (Wildman–Crippen LogP) is 0.987. The van der Waals surface area contributed by atoms with E-state index in [0.717, 1.165) is 5.56 Å². The van der Waals surface area contributed by atoms with Gasteiger partial charge in [-0.15, -0.1) is 0 Å². The Hall–Kier alpha value is -2.11. The maximum Gasteiger partial charge on any atom is 0.303 e. The number of carboxylic acid groups (broad SMARTS) is 1. The Balaban J connectivity index is 2.13. The first-order chi connectivity index (χ1) is 8.06. The lowest BCUT2D eigenvalue weighted by atomic mass is 10.1. The van der Waals surface area contributed by atoms with Crippen LogP contribution in [0.2, 0.25) is 0 Å². The quantitative estimate of drug-likeness (QED) is 0.726. The van der Waals surface area contributed by atoms with E-state index in [1.54, 1.807) is 6.20 Å². The fourth-order valence-corrected chi connectivity index (χ4v) is 1.70. The lowest BCUT2D eigenvalue weighted by Gasteiger charge is -2.25. The lowest BCUT2D eigenvalue weighted by molar-refractivity contribution is -0.137. The molecule has 2 rings (SSSR count). The van der Waals surface area contributed by atoms with Gasteiger partial charge in [0.05, 0.1) is 5.69 Å². The molecule has 0 saturated carbocycles.